The molecule has 1 aliphatic rings. The number of nitrogens with one attached hydrogen (secondary N) is 1. The molecule has 0 aromatic heterocycles. The first-order valence-electron chi connectivity index (χ1n) is 12.9. The largest absolute Gasteiger partial charge is 0.497 e. The minimum absolute atomic E-state index is 0.0516. The number of hydrogen-bond acceptors (Lipinski definition) is 7. The second-order valence-electron chi connectivity index (χ2n) is 9.37. The number of methoxy groups -OCH3 is 3. The highest BCUT2D eigenvalue weighted by Crippen LogP contribution is 2.38. The van der Waals surface area contributed by atoms with Crippen LogP contribution in [-0.4, -0.2) is 46.3 Å². The molecule has 0 unspecified atom stereocenters. The number of anilines is 3. The van der Waals surface area contributed by atoms with Crippen molar-refractivity contribution in [3.8, 4) is 11.5 Å². The van der Waals surface area contributed by atoms with Crippen LogP contribution in [0.5, 0.6) is 11.5 Å². The van der Waals surface area contributed by atoms with Gasteiger partial charge in [0.05, 0.1) is 44.8 Å². The Labute approximate surface area is 237 Å². The van der Waals surface area contributed by atoms with E-state index in [0.29, 0.717) is 15.8 Å². The first-order chi connectivity index (χ1) is 18.9. The van der Waals surface area contributed by atoms with Gasteiger partial charge in [-0.05, 0) is 79.8 Å². The molecule has 1 heterocycles. The summed E-state index contributed by atoms with van der Waals surface area (Å²) >= 11 is 3.51. The Balaban J connectivity index is 1.70. The Morgan fingerprint density at radius 1 is 0.974 bits per heavy atom. The molecular weight excluding hydrogens is 562 g/mol. The fourth-order valence-corrected chi connectivity index (χ4v) is 5.30. The average Bonchev–Trinajstić information content (AvgIpc) is 2.97. The summed E-state index contributed by atoms with van der Waals surface area (Å²) in [5.74, 6) is 0.324. The second kappa shape index (κ2) is 12.9. The van der Waals surface area contributed by atoms with Crippen LogP contribution < -0.4 is 24.8 Å². The predicted octanol–water partition coefficient (Wildman–Crippen LogP) is 5.96. The fraction of sp³-hybridized carbons (Fsp3) is 0.333. The van der Waals surface area contributed by atoms with E-state index in [1.165, 1.54) is 20.6 Å². The minimum atomic E-state index is -0.515. The molecule has 1 fully saturated rings. The zero-order chi connectivity index (χ0) is 27.9. The summed E-state index contributed by atoms with van der Waals surface area (Å²) in [6.07, 6.45) is 3.55. The lowest BCUT2D eigenvalue weighted by molar-refractivity contribution is -0.120. The van der Waals surface area contributed by atoms with Crippen molar-refractivity contribution in [2.45, 2.75) is 32.6 Å². The van der Waals surface area contributed by atoms with E-state index < -0.39 is 5.97 Å². The van der Waals surface area contributed by atoms with Crippen LogP contribution in [0.15, 0.2) is 59.1 Å². The third-order valence-corrected chi connectivity index (χ3v) is 7.57. The first-order valence-corrected chi connectivity index (χ1v) is 13.7. The number of rotatable bonds is 9. The molecule has 206 valence electrons. The van der Waals surface area contributed by atoms with E-state index in [1.807, 2.05) is 29.3 Å². The highest BCUT2D eigenvalue weighted by molar-refractivity contribution is 9.10. The maximum absolute atomic E-state index is 13.6. The minimum Gasteiger partial charge on any atom is -0.497 e. The number of nitrogens with zero attached hydrogens (tertiary/aromatic N) is 2. The normalized spacial score (nSPS) is 13.0. The Bertz CT molecular complexity index is 1320. The topological polar surface area (TPSA) is 80.3 Å². The Morgan fingerprint density at radius 2 is 1.69 bits per heavy atom. The van der Waals surface area contributed by atoms with E-state index in [1.54, 1.807) is 19.2 Å². The highest BCUT2D eigenvalue weighted by atomic mass is 79.9. The lowest BCUT2D eigenvalue weighted by Crippen LogP contribution is -2.41. The van der Waals surface area contributed by atoms with Crippen molar-refractivity contribution in [2.24, 2.45) is 0 Å². The highest BCUT2D eigenvalue weighted by Gasteiger charge is 2.24. The molecule has 0 atom stereocenters. The number of benzene rings is 3. The molecule has 9 heteroatoms. The maximum atomic E-state index is 13.6. The molecule has 1 N–H and O–H groups in total. The van der Waals surface area contributed by atoms with Crippen molar-refractivity contribution in [1.29, 1.82) is 0 Å². The molecule has 1 saturated heterocycles. The predicted molar refractivity (Wildman–Crippen MR) is 156 cm³/mol. The number of ether oxygens (including phenoxy) is 3. The molecule has 0 saturated carbocycles. The lowest BCUT2D eigenvalue weighted by atomic mass is 10.1. The number of carbonyl (C=O) groups is 2. The number of esters is 1. The number of carbonyl (C=O) groups excluding carboxylic acids is 2. The van der Waals surface area contributed by atoms with E-state index in [9.17, 15) is 9.59 Å². The average molecular weight is 597 g/mol. The van der Waals surface area contributed by atoms with Crippen molar-refractivity contribution < 1.29 is 23.8 Å². The summed E-state index contributed by atoms with van der Waals surface area (Å²) in [6.45, 7) is 4.00. The van der Waals surface area contributed by atoms with Gasteiger partial charge >= 0.3 is 5.97 Å². The number of hydrogen-bond donors (Lipinski definition) is 1. The lowest BCUT2D eigenvalue weighted by Gasteiger charge is -2.35. The fourth-order valence-electron chi connectivity index (χ4n) is 4.81. The third-order valence-electron chi connectivity index (χ3n) is 6.83. The van der Waals surface area contributed by atoms with Gasteiger partial charge in [-0.3, -0.25) is 15.2 Å². The Morgan fingerprint density at radius 3 is 2.33 bits per heavy atom. The molecule has 3 aromatic rings. The standard InChI is InChI=1S/C30H34BrN3O5/c1-20-9-8-10-26(33-15-6-5-7-16-33)29(20)34(22-11-13-23(37-2)14-12-22)32-28(35)18-21-17-27(38-3)24(19-25(21)31)30(36)39-4/h8-14,17,19H,5-7,15-16,18H2,1-4H3,(H,32,35). The number of hydrazine groups is 1. The molecule has 1 amide bonds. The van der Waals surface area contributed by atoms with Crippen LogP contribution in [0.4, 0.5) is 17.1 Å². The summed E-state index contributed by atoms with van der Waals surface area (Å²) in [5, 5.41) is 1.86. The Kier molecular flexibility index (Phi) is 9.35. The van der Waals surface area contributed by atoms with Crippen LogP contribution in [0, 0.1) is 6.92 Å². The smallest absolute Gasteiger partial charge is 0.341 e. The summed E-state index contributed by atoms with van der Waals surface area (Å²) in [7, 11) is 4.42. The Hall–Kier alpha value is -3.72. The molecule has 8 nitrogen and oxygen atoms in total. The van der Waals surface area contributed by atoms with Crippen molar-refractivity contribution in [3.63, 3.8) is 0 Å². The SMILES string of the molecule is COC(=O)c1cc(Br)c(CC(=O)NN(c2ccc(OC)cc2)c2c(C)cccc2N2CCCCC2)cc1OC. The molecule has 0 bridgehead atoms. The first kappa shape index (κ1) is 28.3. The van der Waals surface area contributed by atoms with Crippen LogP contribution >= 0.6 is 15.9 Å². The third kappa shape index (κ3) is 6.47. The molecule has 4 rings (SSSR count). The molecule has 0 aliphatic carbocycles. The van der Waals surface area contributed by atoms with E-state index in [2.05, 4.69) is 51.4 Å². The second-order valence-corrected chi connectivity index (χ2v) is 10.2. The van der Waals surface area contributed by atoms with Gasteiger partial charge in [0.2, 0.25) is 5.91 Å². The molecule has 3 aromatic carbocycles. The molecule has 1 aliphatic heterocycles. The van der Waals surface area contributed by atoms with Gasteiger partial charge in [0.15, 0.2) is 0 Å². The quantitative estimate of drug-likeness (QED) is 0.241. The van der Waals surface area contributed by atoms with Gasteiger partial charge < -0.3 is 19.1 Å². The van der Waals surface area contributed by atoms with E-state index in [4.69, 9.17) is 14.2 Å². The number of amides is 1. The van der Waals surface area contributed by atoms with Crippen molar-refractivity contribution >= 4 is 44.9 Å². The number of piperidine rings is 1. The zero-order valence-electron chi connectivity index (χ0n) is 22.8. The van der Waals surface area contributed by atoms with Gasteiger partial charge in [-0.25, -0.2) is 4.79 Å². The van der Waals surface area contributed by atoms with Crippen LogP contribution in [0.3, 0.4) is 0 Å². The molecule has 39 heavy (non-hydrogen) atoms. The number of aryl methyl sites for hydroxylation is 1. The van der Waals surface area contributed by atoms with Crippen LogP contribution in [0.1, 0.15) is 40.7 Å². The molecule has 0 spiro atoms. The summed E-state index contributed by atoms with van der Waals surface area (Å²) in [4.78, 5) is 28.1. The van der Waals surface area contributed by atoms with Gasteiger partial charge in [0, 0.05) is 17.6 Å². The van der Waals surface area contributed by atoms with Gasteiger partial charge in [0.1, 0.15) is 17.1 Å². The zero-order valence-corrected chi connectivity index (χ0v) is 24.3. The number of halogens is 1. The van der Waals surface area contributed by atoms with Gasteiger partial charge in [-0.2, -0.15) is 0 Å². The van der Waals surface area contributed by atoms with Gasteiger partial charge in [-0.1, -0.05) is 28.1 Å². The van der Waals surface area contributed by atoms with Crippen molar-refractivity contribution in [3.05, 3.63) is 75.8 Å². The van der Waals surface area contributed by atoms with Crippen LogP contribution in [0.2, 0.25) is 0 Å². The van der Waals surface area contributed by atoms with Gasteiger partial charge in [0.25, 0.3) is 0 Å². The van der Waals surface area contributed by atoms with Gasteiger partial charge in [-0.15, -0.1) is 0 Å². The van der Waals surface area contributed by atoms with Crippen molar-refractivity contribution in [2.75, 3.05) is 44.3 Å². The van der Waals surface area contributed by atoms with E-state index in [-0.39, 0.29) is 17.9 Å². The maximum Gasteiger partial charge on any atom is 0.341 e. The molecular formula is C30H34BrN3O5. The molecule has 0 radical (unpaired) electrons. The van der Waals surface area contributed by atoms with Crippen LogP contribution in [0.25, 0.3) is 0 Å². The monoisotopic (exact) mass is 595 g/mol. The van der Waals surface area contributed by atoms with Crippen LogP contribution in [-0.2, 0) is 16.0 Å². The van der Waals surface area contributed by atoms with Crippen molar-refractivity contribution in [1.82, 2.24) is 5.43 Å². The summed E-state index contributed by atoms with van der Waals surface area (Å²) < 4.78 is 16.2. The summed E-state index contributed by atoms with van der Waals surface area (Å²) in [6, 6.07) is 17.1. The van der Waals surface area contributed by atoms with E-state index in [0.717, 1.165) is 54.3 Å². The number of para-hydroxylation sites is 1. The summed E-state index contributed by atoms with van der Waals surface area (Å²) in [5.41, 5.74) is 7.94. The van der Waals surface area contributed by atoms with E-state index >= 15 is 0 Å².